The summed E-state index contributed by atoms with van der Waals surface area (Å²) in [6.45, 7) is 25.6. The predicted octanol–water partition coefficient (Wildman–Crippen LogP) is 6.96. The van der Waals surface area contributed by atoms with Gasteiger partial charge in [-0.1, -0.05) is 143 Å². The largest absolute Gasteiger partial charge is 0.259 e. The Hall–Kier alpha value is -3.03. The summed E-state index contributed by atoms with van der Waals surface area (Å²) in [5.74, 6) is 2.61. The van der Waals surface area contributed by atoms with E-state index >= 15 is 0 Å². The van der Waals surface area contributed by atoms with Crippen LogP contribution in [0.5, 0.6) is 0 Å². The first-order valence-corrected chi connectivity index (χ1v) is 14.4. The minimum atomic E-state index is -0.534. The molecule has 1 radical (unpaired) electrons. The molecule has 0 spiro atoms. The summed E-state index contributed by atoms with van der Waals surface area (Å²) in [4.78, 5) is 3.27. The molecule has 0 aromatic heterocycles. The van der Waals surface area contributed by atoms with Gasteiger partial charge >= 0.3 is 33.9 Å². The number of hydrogen-bond donors (Lipinski definition) is 0. The van der Waals surface area contributed by atoms with Gasteiger partial charge in [0, 0.05) is 37.8 Å². The molecule has 203 valence electrons. The fourth-order valence-corrected chi connectivity index (χ4v) is 8.66. The summed E-state index contributed by atoms with van der Waals surface area (Å²) in [5, 5.41) is 5.60. The van der Waals surface area contributed by atoms with E-state index in [0.29, 0.717) is 0 Å². The summed E-state index contributed by atoms with van der Waals surface area (Å²) in [7, 11) is -1.07. The first-order chi connectivity index (χ1) is 19.0. The molecule has 0 saturated heterocycles. The second kappa shape index (κ2) is 23.8. The second-order valence-electron chi connectivity index (χ2n) is 8.48. The first kappa shape index (κ1) is 39.1. The van der Waals surface area contributed by atoms with Gasteiger partial charge in [-0.15, -0.1) is 0 Å². The molecular weight excluding hydrogens is 575 g/mol. The van der Waals surface area contributed by atoms with Crippen molar-refractivity contribution < 1.29 is 31.0 Å². The van der Waals surface area contributed by atoms with Crippen LogP contribution in [0.25, 0.3) is 4.85 Å². The average molecular weight is 605 g/mol. The van der Waals surface area contributed by atoms with Crippen molar-refractivity contribution in [3.63, 3.8) is 0 Å². The molecule has 0 aliphatic heterocycles. The van der Waals surface area contributed by atoms with Crippen molar-refractivity contribution in [2.75, 3.05) is 0 Å². The van der Waals surface area contributed by atoms with Gasteiger partial charge < -0.3 is 4.85 Å². The zero-order valence-electron chi connectivity index (χ0n) is 22.6. The van der Waals surface area contributed by atoms with Crippen molar-refractivity contribution in [1.29, 1.82) is 0 Å². The molecule has 0 unspecified atom stereocenters. The molecule has 7 heteroatoms. The van der Waals surface area contributed by atoms with E-state index in [4.69, 9.17) is 20.5 Å². The predicted molar refractivity (Wildman–Crippen MR) is 161 cm³/mol. The van der Waals surface area contributed by atoms with Crippen molar-refractivity contribution in [3.05, 3.63) is 159 Å². The molecule has 0 heterocycles. The van der Waals surface area contributed by atoms with Gasteiger partial charge in [0.05, 0.1) is 0 Å². The molecule has 0 fully saturated rings. The topological polar surface area (TPSA) is 64.1 Å². The normalized spacial score (nSPS) is 9.15. The van der Waals surface area contributed by atoms with E-state index in [-0.39, 0.29) is 22.6 Å². The van der Waals surface area contributed by atoms with Crippen molar-refractivity contribution in [2.45, 2.75) is 26.3 Å². The van der Waals surface area contributed by atoms with Crippen LogP contribution < -0.4 is 21.2 Å². The fraction of sp³-hybridized carbons (Fsp3) is 0.121. The van der Waals surface area contributed by atoms with Crippen molar-refractivity contribution >= 4 is 37.1 Å². The molecule has 0 N–H and O–H groups in total. The number of nitrogens with zero attached hydrogens (tertiary/aromatic N) is 1. The standard InChI is InChI=1S/C25H21P2.C5H9N.3CO.Mn/c1-5-13-22(14-6-1)26(23-15-7-2-8-16-23)21-27(24-17-9-3-10-18-24)25-19-11-4-12-20-25;1-5(2,3)6-4;3*1-2;/h1-21H;1-3H3;;;;/q-1;;;;;. The zero-order chi connectivity index (χ0) is 29.5. The van der Waals surface area contributed by atoms with Crippen LogP contribution in [0.4, 0.5) is 0 Å². The summed E-state index contributed by atoms with van der Waals surface area (Å²) in [5.41, 5.74) is -0.167. The second-order valence-corrected chi connectivity index (χ2v) is 12.9. The van der Waals surface area contributed by atoms with E-state index in [9.17, 15) is 0 Å². The van der Waals surface area contributed by atoms with Gasteiger partial charge in [0.1, 0.15) is 0 Å². The molecule has 4 aromatic carbocycles. The van der Waals surface area contributed by atoms with E-state index in [1.165, 1.54) is 21.2 Å². The van der Waals surface area contributed by atoms with Crippen molar-refractivity contribution in [1.82, 2.24) is 0 Å². The van der Waals surface area contributed by atoms with Crippen LogP contribution >= 0.6 is 15.8 Å². The Labute approximate surface area is 252 Å². The molecule has 4 aromatic rings. The number of rotatable bonds is 6. The molecule has 0 bridgehead atoms. The molecule has 0 saturated carbocycles. The maximum Gasteiger partial charge on any atom is 0 e. The summed E-state index contributed by atoms with van der Waals surface area (Å²) < 4.78 is 22.5. The van der Waals surface area contributed by atoms with Crippen LogP contribution in [0.2, 0.25) is 0 Å². The molecule has 4 rings (SSSR count). The Morgan fingerprint density at radius 1 is 0.500 bits per heavy atom. The SMILES string of the molecule is [C-]#[N+]C(C)(C)C.[C-]#[O+].[C-]#[O+].[C-]#[O+].[Mn].c1ccc(P([CH-]P(c2ccccc2)c2ccccc2)c2ccccc2)cc1. The summed E-state index contributed by atoms with van der Waals surface area (Å²) >= 11 is 0. The molecule has 0 aliphatic carbocycles. The van der Waals surface area contributed by atoms with E-state index in [0.717, 1.165) is 0 Å². The number of hydrogen-bond acceptors (Lipinski definition) is 0. The minimum absolute atomic E-state index is 0. The fourth-order valence-electron chi connectivity index (χ4n) is 3.03. The van der Waals surface area contributed by atoms with Crippen LogP contribution in [0.3, 0.4) is 0 Å². The maximum atomic E-state index is 7.50. The Morgan fingerprint density at radius 3 is 0.825 bits per heavy atom. The van der Waals surface area contributed by atoms with E-state index in [2.05, 4.69) is 152 Å². The van der Waals surface area contributed by atoms with Gasteiger partial charge in [0.25, 0.3) is 0 Å². The van der Waals surface area contributed by atoms with Gasteiger partial charge in [-0.05, 0) is 0 Å². The van der Waals surface area contributed by atoms with Crippen LogP contribution in [0.15, 0.2) is 121 Å². The van der Waals surface area contributed by atoms with Gasteiger partial charge in [-0.2, -0.15) is 15.8 Å². The Morgan fingerprint density at radius 2 is 0.675 bits per heavy atom. The monoisotopic (exact) mass is 605 g/mol. The zero-order valence-corrected chi connectivity index (χ0v) is 25.5. The van der Waals surface area contributed by atoms with Crippen LogP contribution in [-0.2, 0) is 31.0 Å². The van der Waals surface area contributed by atoms with Gasteiger partial charge in [-0.25, -0.2) is 6.57 Å². The third-order valence-corrected chi connectivity index (χ3v) is 9.97. The van der Waals surface area contributed by atoms with Gasteiger partial charge in [0.2, 0.25) is 5.54 Å². The Balaban J connectivity index is 0. The van der Waals surface area contributed by atoms with Crippen molar-refractivity contribution in [2.24, 2.45) is 0 Å². The smallest absolute Gasteiger partial charge is 0 e. The van der Waals surface area contributed by atoms with E-state index in [1.54, 1.807) is 0 Å². The molecule has 0 atom stereocenters. The van der Waals surface area contributed by atoms with E-state index in [1.807, 2.05) is 20.8 Å². The van der Waals surface area contributed by atoms with E-state index < -0.39 is 15.8 Å². The van der Waals surface area contributed by atoms with Gasteiger partial charge in [0.15, 0.2) is 0 Å². The quantitative estimate of drug-likeness (QED) is 0.0988. The third-order valence-electron chi connectivity index (χ3n) is 4.70. The van der Waals surface area contributed by atoms with Crippen LogP contribution in [0, 0.1) is 32.4 Å². The average Bonchev–Trinajstić information content (AvgIpc) is 3.02. The molecule has 0 amide bonds. The summed E-state index contributed by atoms with van der Waals surface area (Å²) in [6, 6.07) is 43.7. The van der Waals surface area contributed by atoms with Crippen LogP contribution in [0.1, 0.15) is 20.8 Å². The molecular formula is C33H30MnNO3P2-. The number of benzene rings is 4. The summed E-state index contributed by atoms with van der Waals surface area (Å²) in [6.07, 6.45) is 0. The molecule has 0 aliphatic rings. The third kappa shape index (κ3) is 14.9. The molecule has 4 nitrogen and oxygen atoms in total. The maximum absolute atomic E-state index is 7.50. The van der Waals surface area contributed by atoms with Crippen molar-refractivity contribution in [3.8, 4) is 0 Å². The Bertz CT molecular complexity index is 1100. The van der Waals surface area contributed by atoms with Gasteiger partial charge in [-0.3, -0.25) is 5.90 Å². The molecule has 40 heavy (non-hydrogen) atoms. The Kier molecular flexibility index (Phi) is 23.3. The minimum Gasteiger partial charge on any atom is -0.259 e. The van der Waals surface area contributed by atoms with Crippen LogP contribution in [-0.4, -0.2) is 5.54 Å². The first-order valence-electron chi connectivity index (χ1n) is 11.6.